The third kappa shape index (κ3) is 4.42. The first-order chi connectivity index (χ1) is 9.97. The standard InChI is InChI=1S/C14H19N3O4/c1-9-8-11(17(19)20)4-5-13(9)21-7-6-12(14(15)18)16-10-2-3-10/h4-5,8,10,12,16H,2-3,6-7H2,1H3,(H2,15,18). The van der Waals surface area contributed by atoms with Crippen LogP contribution in [0.1, 0.15) is 24.8 Å². The molecule has 1 aromatic rings. The van der Waals surface area contributed by atoms with Crippen molar-refractivity contribution in [2.45, 2.75) is 38.3 Å². The van der Waals surface area contributed by atoms with Gasteiger partial charge in [0.2, 0.25) is 5.91 Å². The zero-order chi connectivity index (χ0) is 15.4. The molecule has 0 radical (unpaired) electrons. The summed E-state index contributed by atoms with van der Waals surface area (Å²) in [7, 11) is 0. The normalized spacial score (nSPS) is 15.5. The highest BCUT2D eigenvalue weighted by Gasteiger charge is 2.27. The highest BCUT2D eigenvalue weighted by molar-refractivity contribution is 5.79. The Bertz CT molecular complexity index is 543. The lowest BCUT2D eigenvalue weighted by molar-refractivity contribution is -0.384. The number of nitro groups is 1. The molecule has 21 heavy (non-hydrogen) atoms. The van der Waals surface area contributed by atoms with E-state index in [1.165, 1.54) is 12.1 Å². The van der Waals surface area contributed by atoms with Crippen LogP contribution in [0, 0.1) is 17.0 Å². The lowest BCUT2D eigenvalue weighted by atomic mass is 10.2. The van der Waals surface area contributed by atoms with E-state index < -0.39 is 11.0 Å². The van der Waals surface area contributed by atoms with Crippen molar-refractivity contribution >= 4 is 11.6 Å². The van der Waals surface area contributed by atoms with Gasteiger partial charge in [0.05, 0.1) is 17.6 Å². The van der Waals surface area contributed by atoms with Crippen LogP contribution in [0.2, 0.25) is 0 Å². The van der Waals surface area contributed by atoms with Crippen molar-refractivity contribution in [3.8, 4) is 5.75 Å². The number of rotatable bonds is 8. The average molecular weight is 293 g/mol. The van der Waals surface area contributed by atoms with Crippen molar-refractivity contribution in [2.75, 3.05) is 6.61 Å². The van der Waals surface area contributed by atoms with Crippen LogP contribution in [0.5, 0.6) is 5.75 Å². The molecule has 7 nitrogen and oxygen atoms in total. The lowest BCUT2D eigenvalue weighted by Crippen LogP contribution is -2.43. The summed E-state index contributed by atoms with van der Waals surface area (Å²) in [5.74, 6) is 0.196. The summed E-state index contributed by atoms with van der Waals surface area (Å²) >= 11 is 0. The van der Waals surface area contributed by atoms with Crippen molar-refractivity contribution in [1.29, 1.82) is 0 Å². The van der Waals surface area contributed by atoms with Gasteiger partial charge in [-0.1, -0.05) is 0 Å². The van der Waals surface area contributed by atoms with Gasteiger partial charge in [0.15, 0.2) is 0 Å². The first-order valence-corrected chi connectivity index (χ1v) is 6.90. The smallest absolute Gasteiger partial charge is 0.269 e. The summed E-state index contributed by atoms with van der Waals surface area (Å²) in [5.41, 5.74) is 6.07. The molecule has 0 spiro atoms. The number of carbonyl (C=O) groups is 1. The quantitative estimate of drug-likeness (QED) is 0.554. The van der Waals surface area contributed by atoms with Gasteiger partial charge in [0, 0.05) is 24.6 Å². The average Bonchev–Trinajstić information content (AvgIpc) is 3.22. The second-order valence-corrected chi connectivity index (χ2v) is 5.24. The molecule has 1 saturated carbocycles. The molecule has 114 valence electrons. The van der Waals surface area contributed by atoms with Gasteiger partial charge in [0.25, 0.3) is 5.69 Å². The summed E-state index contributed by atoms with van der Waals surface area (Å²) in [6.07, 6.45) is 2.63. The molecular weight excluding hydrogens is 274 g/mol. The number of hydrogen-bond acceptors (Lipinski definition) is 5. The van der Waals surface area contributed by atoms with Gasteiger partial charge >= 0.3 is 0 Å². The third-order valence-electron chi connectivity index (χ3n) is 3.39. The number of carbonyl (C=O) groups excluding carboxylic acids is 1. The Balaban J connectivity index is 1.87. The van der Waals surface area contributed by atoms with Crippen LogP contribution in [0.15, 0.2) is 18.2 Å². The maximum absolute atomic E-state index is 11.3. The molecule has 1 aliphatic carbocycles. The number of nitrogens with zero attached hydrogens (tertiary/aromatic N) is 1. The molecule has 2 rings (SSSR count). The van der Waals surface area contributed by atoms with Gasteiger partial charge in [-0.2, -0.15) is 0 Å². The minimum atomic E-state index is -0.445. The fraction of sp³-hybridized carbons (Fsp3) is 0.500. The van der Waals surface area contributed by atoms with E-state index >= 15 is 0 Å². The van der Waals surface area contributed by atoms with Crippen LogP contribution in [-0.4, -0.2) is 29.5 Å². The van der Waals surface area contributed by atoms with Crippen LogP contribution in [0.4, 0.5) is 5.69 Å². The number of amides is 1. The van der Waals surface area contributed by atoms with Gasteiger partial charge in [-0.3, -0.25) is 14.9 Å². The highest BCUT2D eigenvalue weighted by Crippen LogP contribution is 2.24. The molecule has 7 heteroatoms. The first kappa shape index (κ1) is 15.2. The lowest BCUT2D eigenvalue weighted by Gasteiger charge is -2.16. The summed E-state index contributed by atoms with van der Waals surface area (Å²) in [4.78, 5) is 21.5. The number of benzene rings is 1. The molecule has 3 N–H and O–H groups in total. The Labute approximate surface area is 122 Å². The van der Waals surface area contributed by atoms with E-state index in [1.54, 1.807) is 13.0 Å². The minimum Gasteiger partial charge on any atom is -0.493 e. The molecule has 0 saturated heterocycles. The molecule has 0 aromatic heterocycles. The van der Waals surface area contributed by atoms with Gasteiger partial charge in [-0.25, -0.2) is 0 Å². The topological polar surface area (TPSA) is 107 Å². The van der Waals surface area contributed by atoms with Crippen LogP contribution in [0.25, 0.3) is 0 Å². The minimum absolute atomic E-state index is 0.0327. The molecule has 1 aliphatic rings. The number of nitrogens with one attached hydrogen (secondary N) is 1. The number of hydrogen-bond donors (Lipinski definition) is 2. The molecule has 0 bridgehead atoms. The number of non-ortho nitro benzene ring substituents is 1. The van der Waals surface area contributed by atoms with Crippen molar-refractivity contribution in [3.63, 3.8) is 0 Å². The van der Waals surface area contributed by atoms with E-state index in [-0.39, 0.29) is 11.6 Å². The van der Waals surface area contributed by atoms with E-state index in [0.29, 0.717) is 30.4 Å². The molecule has 1 atom stereocenters. The Hall–Kier alpha value is -2.15. The van der Waals surface area contributed by atoms with E-state index in [9.17, 15) is 14.9 Å². The zero-order valence-corrected chi connectivity index (χ0v) is 11.9. The number of primary amides is 1. The molecule has 1 fully saturated rings. The predicted molar refractivity (Wildman–Crippen MR) is 77.1 cm³/mol. The van der Waals surface area contributed by atoms with Crippen molar-refractivity contribution < 1.29 is 14.5 Å². The van der Waals surface area contributed by atoms with Crippen molar-refractivity contribution in [1.82, 2.24) is 5.32 Å². The van der Waals surface area contributed by atoms with E-state index in [0.717, 1.165) is 12.8 Å². The van der Waals surface area contributed by atoms with Crippen LogP contribution in [0.3, 0.4) is 0 Å². The number of nitrogens with two attached hydrogens (primary N) is 1. The Morgan fingerprint density at radius 2 is 2.29 bits per heavy atom. The maximum atomic E-state index is 11.3. The third-order valence-corrected chi connectivity index (χ3v) is 3.39. The Kier molecular flexibility index (Phi) is 4.74. The summed E-state index contributed by atoms with van der Waals surface area (Å²) in [6, 6.07) is 4.43. The number of ether oxygens (including phenoxy) is 1. The van der Waals surface area contributed by atoms with Crippen molar-refractivity contribution in [3.05, 3.63) is 33.9 Å². The molecule has 1 aromatic carbocycles. The summed E-state index contributed by atoms with van der Waals surface area (Å²) in [5, 5.41) is 13.8. The SMILES string of the molecule is Cc1cc([N+](=O)[O-])ccc1OCCC(NC1CC1)C(N)=O. The second kappa shape index (κ2) is 6.53. The van der Waals surface area contributed by atoms with Crippen LogP contribution < -0.4 is 15.8 Å². The monoisotopic (exact) mass is 293 g/mol. The van der Waals surface area contributed by atoms with Crippen LogP contribution >= 0.6 is 0 Å². The molecule has 0 heterocycles. The van der Waals surface area contributed by atoms with Crippen LogP contribution in [-0.2, 0) is 4.79 Å². The summed E-state index contributed by atoms with van der Waals surface area (Å²) in [6.45, 7) is 2.07. The van der Waals surface area contributed by atoms with Gasteiger partial charge in [-0.15, -0.1) is 0 Å². The van der Waals surface area contributed by atoms with Crippen molar-refractivity contribution in [2.24, 2.45) is 5.73 Å². The predicted octanol–water partition coefficient (Wildman–Crippen LogP) is 1.28. The fourth-order valence-electron chi connectivity index (χ4n) is 2.04. The largest absolute Gasteiger partial charge is 0.493 e. The number of nitro benzene ring substituents is 1. The highest BCUT2D eigenvalue weighted by atomic mass is 16.6. The zero-order valence-electron chi connectivity index (χ0n) is 11.9. The van der Waals surface area contributed by atoms with Gasteiger partial charge < -0.3 is 15.8 Å². The second-order valence-electron chi connectivity index (χ2n) is 5.24. The van der Waals surface area contributed by atoms with Gasteiger partial charge in [0.1, 0.15) is 5.75 Å². The number of aryl methyl sites for hydroxylation is 1. The molecular formula is C14H19N3O4. The first-order valence-electron chi connectivity index (χ1n) is 6.90. The molecule has 1 amide bonds. The summed E-state index contributed by atoms with van der Waals surface area (Å²) < 4.78 is 5.58. The Morgan fingerprint density at radius 1 is 1.57 bits per heavy atom. The van der Waals surface area contributed by atoms with E-state index in [4.69, 9.17) is 10.5 Å². The molecule has 0 aliphatic heterocycles. The Morgan fingerprint density at radius 3 is 2.81 bits per heavy atom. The van der Waals surface area contributed by atoms with E-state index in [2.05, 4.69) is 5.32 Å². The van der Waals surface area contributed by atoms with Gasteiger partial charge in [-0.05, 0) is 31.4 Å². The maximum Gasteiger partial charge on any atom is 0.269 e. The van der Waals surface area contributed by atoms with E-state index in [1.807, 2.05) is 0 Å². The fourth-order valence-corrected chi connectivity index (χ4v) is 2.04. The molecule has 1 unspecified atom stereocenters.